The highest BCUT2D eigenvalue weighted by molar-refractivity contribution is 6.10. The van der Waals surface area contributed by atoms with Crippen molar-refractivity contribution in [2.45, 2.75) is 26.3 Å². The Hall–Kier alpha value is -2.79. The number of nitrogens with one attached hydrogen (secondary N) is 1. The van der Waals surface area contributed by atoms with Gasteiger partial charge in [0, 0.05) is 29.1 Å². The van der Waals surface area contributed by atoms with Crippen molar-refractivity contribution in [1.82, 2.24) is 0 Å². The van der Waals surface area contributed by atoms with Gasteiger partial charge in [-0.15, -0.1) is 0 Å². The van der Waals surface area contributed by atoms with E-state index in [4.69, 9.17) is 13.9 Å². The minimum absolute atomic E-state index is 0.163. The van der Waals surface area contributed by atoms with E-state index in [0.717, 1.165) is 27.6 Å². The van der Waals surface area contributed by atoms with E-state index < -0.39 is 0 Å². The smallest absolute Gasteiger partial charge is 0.344 e. The summed E-state index contributed by atoms with van der Waals surface area (Å²) in [6.07, 6.45) is 2.14. The van der Waals surface area contributed by atoms with Gasteiger partial charge < -0.3 is 19.2 Å². The predicted molar refractivity (Wildman–Crippen MR) is 104 cm³/mol. The quantitative estimate of drug-likeness (QED) is 0.426. The molecule has 1 aliphatic heterocycles. The zero-order chi connectivity index (χ0) is 18.5. The number of hydrogen-bond donors (Lipinski definition) is 1. The molecule has 1 aromatic heterocycles. The number of allylic oxidation sites excluding steroid dienone is 1. The van der Waals surface area contributed by atoms with Crippen LogP contribution in [-0.4, -0.2) is 19.4 Å². The van der Waals surface area contributed by atoms with E-state index in [2.05, 4.69) is 25.2 Å². The second-order valence-electron chi connectivity index (χ2n) is 7.18. The molecule has 0 atom stereocenters. The van der Waals surface area contributed by atoms with Crippen LogP contribution < -0.4 is 15.7 Å². The van der Waals surface area contributed by atoms with Crippen LogP contribution >= 0.6 is 0 Å². The van der Waals surface area contributed by atoms with Gasteiger partial charge in [0.05, 0.1) is 10.9 Å². The summed E-state index contributed by atoms with van der Waals surface area (Å²) in [4.78, 5) is 12.8. The first-order chi connectivity index (χ1) is 12.4. The van der Waals surface area contributed by atoms with Gasteiger partial charge in [0.25, 0.3) is 0 Å². The SMILES string of the molecule is COCOc1ccc2oc(=O)c3c4c(ccc3c2c1)NC(C)(C)C=C4C. The molecule has 1 N–H and O–H groups in total. The summed E-state index contributed by atoms with van der Waals surface area (Å²) >= 11 is 0. The molecule has 2 aromatic carbocycles. The van der Waals surface area contributed by atoms with Crippen LogP contribution in [0.5, 0.6) is 5.75 Å². The second-order valence-corrected chi connectivity index (χ2v) is 7.18. The van der Waals surface area contributed by atoms with Gasteiger partial charge in [0.15, 0.2) is 6.79 Å². The Morgan fingerprint density at radius 3 is 2.73 bits per heavy atom. The van der Waals surface area contributed by atoms with E-state index in [9.17, 15) is 4.79 Å². The number of benzene rings is 2. The Kier molecular flexibility index (Phi) is 3.77. The Balaban J connectivity index is 2.03. The summed E-state index contributed by atoms with van der Waals surface area (Å²) in [5, 5.41) is 5.76. The number of rotatable bonds is 3. The van der Waals surface area contributed by atoms with Crippen LogP contribution in [0.4, 0.5) is 5.69 Å². The first-order valence-corrected chi connectivity index (χ1v) is 8.53. The monoisotopic (exact) mass is 351 g/mol. The summed E-state index contributed by atoms with van der Waals surface area (Å²) in [5.74, 6) is 0.666. The van der Waals surface area contributed by atoms with Crippen molar-refractivity contribution in [3.63, 3.8) is 0 Å². The Morgan fingerprint density at radius 2 is 1.96 bits per heavy atom. The molecule has 1 aliphatic rings. The fraction of sp³-hybridized carbons (Fsp3) is 0.286. The molecule has 3 aromatic rings. The molecule has 26 heavy (non-hydrogen) atoms. The van der Waals surface area contributed by atoms with Gasteiger partial charge in [-0.05, 0) is 50.6 Å². The van der Waals surface area contributed by atoms with Crippen molar-refractivity contribution in [1.29, 1.82) is 0 Å². The summed E-state index contributed by atoms with van der Waals surface area (Å²) in [5.41, 5.74) is 2.96. The van der Waals surface area contributed by atoms with Gasteiger partial charge in [-0.2, -0.15) is 0 Å². The number of ether oxygens (including phenoxy) is 2. The zero-order valence-electron chi connectivity index (χ0n) is 15.3. The molecule has 5 nitrogen and oxygen atoms in total. The van der Waals surface area contributed by atoms with Gasteiger partial charge in [0.2, 0.25) is 0 Å². The third-order valence-electron chi connectivity index (χ3n) is 4.63. The van der Waals surface area contributed by atoms with E-state index in [0.29, 0.717) is 16.7 Å². The maximum atomic E-state index is 12.8. The molecule has 134 valence electrons. The normalized spacial score (nSPS) is 15.5. The van der Waals surface area contributed by atoms with Crippen molar-refractivity contribution in [2.75, 3.05) is 19.2 Å². The van der Waals surface area contributed by atoms with E-state index in [1.165, 1.54) is 0 Å². The highest BCUT2D eigenvalue weighted by Crippen LogP contribution is 2.39. The van der Waals surface area contributed by atoms with Crippen molar-refractivity contribution in [3.05, 3.63) is 52.4 Å². The van der Waals surface area contributed by atoms with E-state index >= 15 is 0 Å². The third-order valence-corrected chi connectivity index (χ3v) is 4.63. The van der Waals surface area contributed by atoms with Crippen LogP contribution in [0.3, 0.4) is 0 Å². The Labute approximate surface area is 151 Å². The standard InChI is InChI=1S/C21H21NO4/c1-12-10-21(2,3)22-16-7-6-14-15-9-13(25-11-24-4)5-8-17(15)26-20(23)19(14)18(12)16/h5-10,22H,11H2,1-4H3. The molecular formula is C21H21NO4. The predicted octanol–water partition coefficient (Wildman–Crippen LogP) is 4.54. The van der Waals surface area contributed by atoms with Gasteiger partial charge in [-0.1, -0.05) is 12.1 Å². The lowest BCUT2D eigenvalue weighted by atomic mass is 9.88. The van der Waals surface area contributed by atoms with E-state index in [1.807, 2.05) is 25.1 Å². The molecule has 0 fully saturated rings. The molecule has 5 heteroatoms. The van der Waals surface area contributed by atoms with Crippen LogP contribution in [0.25, 0.3) is 27.3 Å². The number of anilines is 1. The third kappa shape index (κ3) is 2.65. The van der Waals surface area contributed by atoms with Crippen LogP contribution in [0.2, 0.25) is 0 Å². The topological polar surface area (TPSA) is 60.7 Å². The highest BCUT2D eigenvalue weighted by atomic mass is 16.7. The summed E-state index contributed by atoms with van der Waals surface area (Å²) in [6, 6.07) is 9.40. The van der Waals surface area contributed by atoms with Crippen molar-refractivity contribution in [3.8, 4) is 5.75 Å². The summed E-state index contributed by atoms with van der Waals surface area (Å²) < 4.78 is 16.1. The van der Waals surface area contributed by atoms with E-state index in [1.54, 1.807) is 19.2 Å². The molecule has 0 saturated heterocycles. The molecule has 4 rings (SSSR count). The summed E-state index contributed by atoms with van der Waals surface area (Å²) in [6.45, 7) is 6.40. The molecule has 0 bridgehead atoms. The molecule has 2 heterocycles. The minimum Gasteiger partial charge on any atom is -0.468 e. The average molecular weight is 351 g/mol. The van der Waals surface area contributed by atoms with Gasteiger partial charge in [0.1, 0.15) is 11.3 Å². The lowest BCUT2D eigenvalue weighted by Crippen LogP contribution is -2.31. The molecule has 0 amide bonds. The van der Waals surface area contributed by atoms with Crippen LogP contribution in [0, 0.1) is 0 Å². The van der Waals surface area contributed by atoms with Gasteiger partial charge in [-0.3, -0.25) is 0 Å². The molecule has 0 saturated carbocycles. The lowest BCUT2D eigenvalue weighted by molar-refractivity contribution is 0.0512. The first-order valence-electron chi connectivity index (χ1n) is 8.53. The fourth-order valence-corrected chi connectivity index (χ4v) is 3.73. The van der Waals surface area contributed by atoms with E-state index in [-0.39, 0.29) is 18.0 Å². The fourth-order valence-electron chi connectivity index (χ4n) is 3.73. The largest absolute Gasteiger partial charge is 0.468 e. The molecule has 0 aliphatic carbocycles. The second kappa shape index (κ2) is 5.88. The van der Waals surface area contributed by atoms with Gasteiger partial charge >= 0.3 is 5.63 Å². The molecule has 0 radical (unpaired) electrons. The zero-order valence-corrected chi connectivity index (χ0v) is 15.3. The number of hydrogen-bond acceptors (Lipinski definition) is 5. The Bertz CT molecular complexity index is 1110. The van der Waals surface area contributed by atoms with Gasteiger partial charge in [-0.25, -0.2) is 4.79 Å². The van der Waals surface area contributed by atoms with Crippen molar-refractivity contribution in [2.24, 2.45) is 0 Å². The average Bonchev–Trinajstić information content (AvgIpc) is 2.58. The molecular weight excluding hydrogens is 330 g/mol. The number of methoxy groups -OCH3 is 1. The van der Waals surface area contributed by atoms with Crippen LogP contribution in [0.1, 0.15) is 26.3 Å². The maximum absolute atomic E-state index is 12.8. The summed E-state index contributed by atoms with van der Waals surface area (Å²) in [7, 11) is 1.57. The highest BCUT2D eigenvalue weighted by Gasteiger charge is 2.25. The number of fused-ring (bicyclic) bond motifs is 5. The molecule has 0 unspecified atom stereocenters. The van der Waals surface area contributed by atoms with Crippen LogP contribution in [0.15, 0.2) is 45.6 Å². The lowest BCUT2D eigenvalue weighted by Gasteiger charge is -2.31. The first kappa shape index (κ1) is 16.7. The molecule has 0 spiro atoms. The van der Waals surface area contributed by atoms with Crippen LogP contribution in [-0.2, 0) is 4.74 Å². The van der Waals surface area contributed by atoms with Crippen molar-refractivity contribution >= 4 is 33.0 Å². The van der Waals surface area contributed by atoms with Crippen molar-refractivity contribution < 1.29 is 13.9 Å². The Morgan fingerprint density at radius 1 is 1.15 bits per heavy atom. The maximum Gasteiger partial charge on any atom is 0.344 e. The minimum atomic E-state index is -0.329.